The van der Waals surface area contributed by atoms with Gasteiger partial charge in [0.25, 0.3) is 0 Å². The van der Waals surface area contributed by atoms with Gasteiger partial charge in [-0.1, -0.05) is 23.7 Å². The Morgan fingerprint density at radius 2 is 1.85 bits per heavy atom. The number of carbonyl (C=O) groups excluding carboxylic acids is 3. The van der Waals surface area contributed by atoms with Crippen molar-refractivity contribution in [2.75, 3.05) is 19.5 Å². The summed E-state index contributed by atoms with van der Waals surface area (Å²) in [5.41, 5.74) is 3.46. The predicted octanol–water partition coefficient (Wildman–Crippen LogP) is 3.38. The van der Waals surface area contributed by atoms with Gasteiger partial charge >= 0.3 is 12.1 Å². The summed E-state index contributed by atoms with van der Waals surface area (Å²) in [4.78, 5) is 36.5. The van der Waals surface area contributed by atoms with Crippen LogP contribution in [-0.2, 0) is 19.1 Å². The van der Waals surface area contributed by atoms with Gasteiger partial charge in [-0.15, -0.1) is 5.10 Å². The highest BCUT2D eigenvalue weighted by molar-refractivity contribution is 6.30. The number of hydrogen-bond donors (Lipinski definition) is 2. The van der Waals surface area contributed by atoms with Crippen LogP contribution in [0.3, 0.4) is 0 Å². The third-order valence-electron chi connectivity index (χ3n) is 5.61. The van der Waals surface area contributed by atoms with Crippen LogP contribution in [0.4, 0.5) is 10.5 Å². The summed E-state index contributed by atoms with van der Waals surface area (Å²) in [5, 5.41) is 25.2. The van der Waals surface area contributed by atoms with Crippen molar-refractivity contribution in [2.45, 2.75) is 12.5 Å². The maximum Gasteiger partial charge on any atom is 0.411 e. The number of esters is 1. The van der Waals surface area contributed by atoms with Crippen molar-refractivity contribution in [3.63, 3.8) is 0 Å². The van der Waals surface area contributed by atoms with Gasteiger partial charge in [-0.3, -0.25) is 14.9 Å². The molecule has 0 bridgehead atoms. The molecule has 2 aromatic heterocycles. The standard InChI is InChI=1S/C26H23ClN8O5/c1-39-25(37)13-21(18-12-22(32-28-14-18)16-3-7-20(8-4-16)30-26(38)40-2)31-24(36)10-5-17-11-19(27)6-9-23(17)35-15-29-33-34-35/h3-12,14-15,21H,13H2,1-2H3,(H,30,38)(H,31,36)/b10-5+. The van der Waals surface area contributed by atoms with E-state index in [9.17, 15) is 14.4 Å². The highest BCUT2D eigenvalue weighted by Crippen LogP contribution is 2.24. The summed E-state index contributed by atoms with van der Waals surface area (Å²) in [6, 6.07) is 12.8. The molecule has 1 atom stereocenters. The molecule has 13 nitrogen and oxygen atoms in total. The molecule has 0 radical (unpaired) electrons. The molecule has 0 fully saturated rings. The fourth-order valence-corrected chi connectivity index (χ4v) is 3.81. The second kappa shape index (κ2) is 13.1. The summed E-state index contributed by atoms with van der Waals surface area (Å²) in [6.45, 7) is 0. The number of aromatic nitrogens is 6. The lowest BCUT2D eigenvalue weighted by molar-refractivity contribution is -0.141. The van der Waals surface area contributed by atoms with E-state index in [0.717, 1.165) is 0 Å². The second-order valence-electron chi connectivity index (χ2n) is 8.20. The molecule has 40 heavy (non-hydrogen) atoms. The summed E-state index contributed by atoms with van der Waals surface area (Å²) in [6.07, 6.45) is 5.02. The first kappa shape index (κ1) is 27.9. The lowest BCUT2D eigenvalue weighted by Crippen LogP contribution is -2.29. The van der Waals surface area contributed by atoms with Crippen molar-refractivity contribution in [1.29, 1.82) is 0 Å². The van der Waals surface area contributed by atoms with Crippen molar-refractivity contribution < 1.29 is 23.9 Å². The maximum atomic E-state index is 12.9. The molecule has 2 N–H and O–H groups in total. The van der Waals surface area contributed by atoms with Crippen molar-refractivity contribution in [2.24, 2.45) is 0 Å². The molecule has 0 saturated carbocycles. The van der Waals surface area contributed by atoms with Gasteiger partial charge in [0.05, 0.1) is 44.3 Å². The van der Waals surface area contributed by atoms with Crippen molar-refractivity contribution >= 4 is 41.3 Å². The first-order valence-corrected chi connectivity index (χ1v) is 12.1. The minimum Gasteiger partial charge on any atom is -0.469 e. The SMILES string of the molecule is COC(=O)CC(NC(=O)/C=C/c1cc(Cl)ccc1-n1cnnn1)c1cnnc(-c2ccc(NC(=O)OC)cc2)c1. The molecule has 204 valence electrons. The van der Waals surface area contributed by atoms with Gasteiger partial charge in [0.15, 0.2) is 0 Å². The molecular weight excluding hydrogens is 540 g/mol. The molecule has 14 heteroatoms. The second-order valence-corrected chi connectivity index (χ2v) is 8.64. The Morgan fingerprint density at radius 1 is 1.05 bits per heavy atom. The molecule has 0 aliphatic heterocycles. The van der Waals surface area contributed by atoms with Gasteiger partial charge < -0.3 is 14.8 Å². The third kappa shape index (κ3) is 7.23. The Bertz CT molecular complexity index is 1530. The number of halogens is 1. The molecule has 4 aromatic rings. The Morgan fingerprint density at radius 3 is 2.55 bits per heavy atom. The Labute approximate surface area is 233 Å². The molecule has 0 spiro atoms. The first-order valence-electron chi connectivity index (χ1n) is 11.7. The highest BCUT2D eigenvalue weighted by atomic mass is 35.5. The van der Waals surface area contributed by atoms with E-state index in [1.54, 1.807) is 54.6 Å². The van der Waals surface area contributed by atoms with Crippen LogP contribution in [0.25, 0.3) is 23.0 Å². The highest BCUT2D eigenvalue weighted by Gasteiger charge is 2.20. The molecule has 1 unspecified atom stereocenters. The number of rotatable bonds is 9. The zero-order valence-corrected chi connectivity index (χ0v) is 22.1. The van der Waals surface area contributed by atoms with Crippen molar-refractivity contribution in [3.8, 4) is 16.9 Å². The van der Waals surface area contributed by atoms with E-state index in [0.29, 0.717) is 38.8 Å². The molecule has 2 amide bonds. The summed E-state index contributed by atoms with van der Waals surface area (Å²) in [5.74, 6) is -1.00. The normalized spacial score (nSPS) is 11.6. The number of ether oxygens (including phenoxy) is 2. The summed E-state index contributed by atoms with van der Waals surface area (Å²) in [7, 11) is 2.54. The van der Waals surface area contributed by atoms with E-state index in [-0.39, 0.29) is 6.42 Å². The average molecular weight is 563 g/mol. The summed E-state index contributed by atoms with van der Waals surface area (Å²) >= 11 is 6.15. The molecule has 2 aromatic carbocycles. The monoisotopic (exact) mass is 562 g/mol. The van der Waals surface area contributed by atoms with Crippen LogP contribution in [0.2, 0.25) is 5.02 Å². The molecule has 0 aliphatic rings. The molecule has 4 rings (SSSR count). The number of amides is 2. The average Bonchev–Trinajstić information content (AvgIpc) is 3.51. The van der Waals surface area contributed by atoms with E-state index in [1.807, 2.05) is 0 Å². The van der Waals surface area contributed by atoms with Crippen LogP contribution in [0.5, 0.6) is 0 Å². The van der Waals surface area contributed by atoms with E-state index >= 15 is 0 Å². The van der Waals surface area contributed by atoms with Crippen LogP contribution in [-0.4, -0.2) is 62.6 Å². The quantitative estimate of drug-likeness (QED) is 0.228. The van der Waals surface area contributed by atoms with E-state index in [1.165, 1.54) is 37.5 Å². The fourth-order valence-electron chi connectivity index (χ4n) is 3.63. The van der Waals surface area contributed by atoms with Crippen LogP contribution in [0.15, 0.2) is 67.1 Å². The number of tetrazole rings is 1. The van der Waals surface area contributed by atoms with Gasteiger partial charge in [-0.25, -0.2) is 4.79 Å². The lowest BCUT2D eigenvalue weighted by Gasteiger charge is -2.17. The fraction of sp³-hybridized carbons (Fsp3) is 0.154. The Hall–Kier alpha value is -5.17. The zero-order chi connectivity index (χ0) is 28.5. The maximum absolute atomic E-state index is 12.9. The first-order chi connectivity index (χ1) is 19.4. The topological polar surface area (TPSA) is 163 Å². The number of nitrogens with one attached hydrogen (secondary N) is 2. The van der Waals surface area contributed by atoms with Crippen LogP contribution in [0.1, 0.15) is 23.6 Å². The van der Waals surface area contributed by atoms with Crippen molar-refractivity contribution in [1.82, 2.24) is 35.7 Å². The number of methoxy groups -OCH3 is 2. The number of hydrogen-bond acceptors (Lipinski definition) is 10. The van der Waals surface area contributed by atoms with Crippen molar-refractivity contribution in [3.05, 3.63) is 83.3 Å². The largest absolute Gasteiger partial charge is 0.469 e. The number of carbonyl (C=O) groups is 3. The van der Waals surface area contributed by atoms with Gasteiger partial charge in [0, 0.05) is 27.9 Å². The molecule has 0 aliphatic carbocycles. The molecule has 0 saturated heterocycles. The minimum absolute atomic E-state index is 0.143. The zero-order valence-electron chi connectivity index (χ0n) is 21.3. The van der Waals surface area contributed by atoms with Gasteiger partial charge in [0.1, 0.15) is 6.33 Å². The number of benzene rings is 2. The van der Waals surface area contributed by atoms with Gasteiger partial charge in [-0.2, -0.15) is 14.9 Å². The molecular formula is C26H23ClN8O5. The van der Waals surface area contributed by atoms with Crippen LogP contribution >= 0.6 is 11.6 Å². The lowest BCUT2D eigenvalue weighted by atomic mass is 10.0. The van der Waals surface area contributed by atoms with E-state index in [2.05, 4.69) is 41.1 Å². The van der Waals surface area contributed by atoms with E-state index in [4.69, 9.17) is 16.3 Å². The predicted molar refractivity (Wildman–Crippen MR) is 144 cm³/mol. The van der Waals surface area contributed by atoms with E-state index < -0.39 is 24.0 Å². The van der Waals surface area contributed by atoms with Gasteiger partial charge in [0.2, 0.25) is 5.91 Å². The van der Waals surface area contributed by atoms with Crippen LogP contribution < -0.4 is 10.6 Å². The third-order valence-corrected chi connectivity index (χ3v) is 5.84. The Kier molecular flexibility index (Phi) is 9.10. The number of anilines is 1. The Balaban J connectivity index is 1.55. The summed E-state index contributed by atoms with van der Waals surface area (Å²) < 4.78 is 10.9. The minimum atomic E-state index is -0.766. The van der Waals surface area contributed by atoms with Crippen LogP contribution in [0, 0.1) is 0 Å². The smallest absolute Gasteiger partial charge is 0.411 e. The van der Waals surface area contributed by atoms with Gasteiger partial charge in [-0.05, 0) is 58.5 Å². The molecule has 2 heterocycles. The number of nitrogens with zero attached hydrogens (tertiary/aromatic N) is 6.